The predicted molar refractivity (Wildman–Crippen MR) is 57.0 cm³/mol. The molecule has 0 saturated heterocycles. The van der Waals surface area contributed by atoms with Crippen molar-refractivity contribution in [3.63, 3.8) is 0 Å². The fourth-order valence-electron chi connectivity index (χ4n) is 1.43. The van der Waals surface area contributed by atoms with Gasteiger partial charge in [0.2, 0.25) is 5.75 Å². The van der Waals surface area contributed by atoms with Crippen LogP contribution in [-0.4, -0.2) is 28.4 Å². The molecule has 0 aliphatic heterocycles. The fraction of sp³-hybridized carbons (Fsp3) is 0.364. The summed E-state index contributed by atoms with van der Waals surface area (Å²) in [5.74, 6) is -1.70. The average molecular weight is 226 g/mol. The normalized spacial score (nSPS) is 12.1. The average Bonchev–Trinajstić information content (AvgIpc) is 2.20. The lowest BCUT2D eigenvalue weighted by Gasteiger charge is -2.12. The number of hydrogen-bond acceptors (Lipinski definition) is 4. The van der Waals surface area contributed by atoms with Crippen molar-refractivity contribution in [2.24, 2.45) is 0 Å². The van der Waals surface area contributed by atoms with Crippen molar-refractivity contribution in [1.82, 2.24) is 0 Å². The number of ether oxygens (including phenoxy) is 1. The van der Waals surface area contributed by atoms with Crippen LogP contribution in [0.5, 0.6) is 17.2 Å². The highest BCUT2D eigenvalue weighted by Crippen LogP contribution is 2.38. The molecule has 1 aromatic rings. The summed E-state index contributed by atoms with van der Waals surface area (Å²) in [6.45, 7) is 1.72. The molecule has 1 atom stereocenters. The van der Waals surface area contributed by atoms with Gasteiger partial charge in [-0.25, -0.2) is 0 Å². The van der Waals surface area contributed by atoms with Gasteiger partial charge in [0, 0.05) is 0 Å². The molecule has 0 spiro atoms. The number of hydrogen-bond donors (Lipinski definition) is 3. The van der Waals surface area contributed by atoms with E-state index in [1.807, 2.05) is 0 Å². The molecule has 5 nitrogen and oxygen atoms in total. The number of benzene rings is 1. The van der Waals surface area contributed by atoms with Gasteiger partial charge in [-0.1, -0.05) is 6.92 Å². The predicted octanol–water partition coefficient (Wildman–Crippen LogP) is 1.68. The lowest BCUT2D eigenvalue weighted by molar-refractivity contribution is -0.137. The zero-order chi connectivity index (χ0) is 12.3. The van der Waals surface area contributed by atoms with Crippen molar-refractivity contribution >= 4 is 5.97 Å². The van der Waals surface area contributed by atoms with E-state index in [1.165, 1.54) is 19.2 Å². The van der Waals surface area contributed by atoms with E-state index in [0.717, 1.165) is 0 Å². The first-order valence-corrected chi connectivity index (χ1v) is 4.77. The maximum atomic E-state index is 10.5. The zero-order valence-electron chi connectivity index (χ0n) is 9.10. The maximum absolute atomic E-state index is 10.5. The zero-order valence-corrected chi connectivity index (χ0v) is 9.10. The van der Waals surface area contributed by atoms with Crippen molar-refractivity contribution < 1.29 is 24.9 Å². The van der Waals surface area contributed by atoms with Gasteiger partial charge in [-0.15, -0.1) is 0 Å². The molecule has 0 bridgehead atoms. The van der Waals surface area contributed by atoms with E-state index in [2.05, 4.69) is 0 Å². The Morgan fingerprint density at radius 1 is 1.44 bits per heavy atom. The molecule has 0 fully saturated rings. The summed E-state index contributed by atoms with van der Waals surface area (Å²) in [5.41, 5.74) is 0.606. The number of carboxylic acid groups (broad SMARTS) is 1. The van der Waals surface area contributed by atoms with E-state index < -0.39 is 5.97 Å². The first kappa shape index (κ1) is 12.2. The fourth-order valence-corrected chi connectivity index (χ4v) is 1.43. The molecule has 0 aliphatic carbocycles. The molecule has 1 unspecified atom stereocenters. The Bertz CT molecular complexity index is 400. The van der Waals surface area contributed by atoms with Crippen LogP contribution in [-0.2, 0) is 4.79 Å². The Hall–Kier alpha value is -1.91. The van der Waals surface area contributed by atoms with E-state index in [1.54, 1.807) is 6.92 Å². The van der Waals surface area contributed by atoms with E-state index in [-0.39, 0.29) is 29.6 Å². The maximum Gasteiger partial charge on any atom is 0.303 e. The van der Waals surface area contributed by atoms with Gasteiger partial charge in [0.15, 0.2) is 11.5 Å². The molecule has 0 aliphatic rings. The largest absolute Gasteiger partial charge is 0.504 e. The summed E-state index contributed by atoms with van der Waals surface area (Å²) >= 11 is 0. The van der Waals surface area contributed by atoms with E-state index in [9.17, 15) is 15.0 Å². The Morgan fingerprint density at radius 3 is 2.56 bits per heavy atom. The molecule has 3 N–H and O–H groups in total. The first-order valence-electron chi connectivity index (χ1n) is 4.77. The lowest BCUT2D eigenvalue weighted by atomic mass is 9.97. The van der Waals surface area contributed by atoms with Gasteiger partial charge >= 0.3 is 5.97 Å². The number of aliphatic carboxylic acids is 1. The summed E-state index contributed by atoms with van der Waals surface area (Å²) < 4.78 is 4.86. The summed E-state index contributed by atoms with van der Waals surface area (Å²) in [6, 6.07) is 2.86. The summed E-state index contributed by atoms with van der Waals surface area (Å²) in [5, 5.41) is 27.5. The number of phenolic OH excluding ortho intramolecular Hbond substituents is 2. The quantitative estimate of drug-likeness (QED) is 0.680. The highest BCUT2D eigenvalue weighted by molar-refractivity contribution is 5.68. The van der Waals surface area contributed by atoms with Gasteiger partial charge in [-0.3, -0.25) is 4.79 Å². The molecule has 0 heterocycles. The van der Waals surface area contributed by atoms with Crippen molar-refractivity contribution in [3.8, 4) is 17.2 Å². The number of carboxylic acids is 1. The second kappa shape index (κ2) is 4.74. The van der Waals surface area contributed by atoms with Crippen molar-refractivity contribution in [2.75, 3.05) is 7.11 Å². The Labute approximate surface area is 92.9 Å². The van der Waals surface area contributed by atoms with Gasteiger partial charge in [0.05, 0.1) is 13.5 Å². The summed E-state index contributed by atoms with van der Waals surface area (Å²) in [7, 11) is 1.36. The Kier molecular flexibility index (Phi) is 3.60. The van der Waals surface area contributed by atoms with Crippen LogP contribution in [0.15, 0.2) is 12.1 Å². The smallest absolute Gasteiger partial charge is 0.303 e. The Balaban J connectivity index is 3.05. The van der Waals surface area contributed by atoms with Crippen LogP contribution in [0.1, 0.15) is 24.8 Å². The van der Waals surface area contributed by atoms with Crippen molar-refractivity contribution in [1.29, 1.82) is 0 Å². The van der Waals surface area contributed by atoms with Crippen LogP contribution in [0.3, 0.4) is 0 Å². The monoisotopic (exact) mass is 226 g/mol. The minimum atomic E-state index is -0.918. The van der Waals surface area contributed by atoms with Gasteiger partial charge in [-0.2, -0.15) is 0 Å². The lowest BCUT2D eigenvalue weighted by Crippen LogP contribution is -2.03. The Morgan fingerprint density at radius 2 is 2.06 bits per heavy atom. The number of aromatic hydroxyl groups is 2. The van der Waals surface area contributed by atoms with Gasteiger partial charge in [0.1, 0.15) is 0 Å². The van der Waals surface area contributed by atoms with Crippen LogP contribution in [0.2, 0.25) is 0 Å². The molecule has 88 valence electrons. The van der Waals surface area contributed by atoms with Crippen LogP contribution < -0.4 is 4.74 Å². The molecular formula is C11H14O5. The van der Waals surface area contributed by atoms with E-state index in [4.69, 9.17) is 9.84 Å². The molecule has 1 aromatic carbocycles. The topological polar surface area (TPSA) is 87.0 Å². The third-order valence-corrected chi connectivity index (χ3v) is 2.35. The third kappa shape index (κ3) is 2.56. The standard InChI is InChI=1S/C11H14O5/c1-6(3-10(13)14)7-4-8(12)11(15)9(5-7)16-2/h4-6,12,15H,3H2,1-2H3,(H,13,14). The third-order valence-electron chi connectivity index (χ3n) is 2.35. The van der Waals surface area contributed by atoms with E-state index in [0.29, 0.717) is 5.56 Å². The highest BCUT2D eigenvalue weighted by atomic mass is 16.5. The van der Waals surface area contributed by atoms with Crippen molar-refractivity contribution in [3.05, 3.63) is 17.7 Å². The molecule has 1 rings (SSSR count). The molecular weight excluding hydrogens is 212 g/mol. The highest BCUT2D eigenvalue weighted by Gasteiger charge is 2.15. The second-order valence-electron chi connectivity index (χ2n) is 3.59. The first-order chi connectivity index (χ1) is 7.45. The molecule has 16 heavy (non-hydrogen) atoms. The number of methoxy groups -OCH3 is 1. The van der Waals surface area contributed by atoms with Gasteiger partial charge in [0.25, 0.3) is 0 Å². The van der Waals surface area contributed by atoms with Crippen LogP contribution in [0.4, 0.5) is 0 Å². The molecule has 0 amide bonds. The minimum absolute atomic E-state index is 0.0482. The number of phenols is 2. The SMILES string of the molecule is COc1cc(C(C)CC(=O)O)cc(O)c1O. The van der Waals surface area contributed by atoms with E-state index >= 15 is 0 Å². The van der Waals surface area contributed by atoms with Crippen LogP contribution in [0, 0.1) is 0 Å². The van der Waals surface area contributed by atoms with Gasteiger partial charge in [-0.05, 0) is 23.6 Å². The van der Waals surface area contributed by atoms with Crippen LogP contribution in [0.25, 0.3) is 0 Å². The number of carbonyl (C=O) groups is 1. The summed E-state index contributed by atoms with van der Waals surface area (Å²) in [4.78, 5) is 10.5. The van der Waals surface area contributed by atoms with Crippen LogP contribution >= 0.6 is 0 Å². The number of rotatable bonds is 4. The molecule has 0 aromatic heterocycles. The summed E-state index contributed by atoms with van der Waals surface area (Å²) in [6.07, 6.45) is -0.0482. The second-order valence-corrected chi connectivity index (χ2v) is 3.59. The molecule has 0 radical (unpaired) electrons. The van der Waals surface area contributed by atoms with Gasteiger partial charge < -0.3 is 20.1 Å². The minimum Gasteiger partial charge on any atom is -0.504 e. The molecule has 5 heteroatoms. The van der Waals surface area contributed by atoms with Crippen molar-refractivity contribution in [2.45, 2.75) is 19.3 Å². The molecule has 0 saturated carbocycles.